The highest BCUT2D eigenvalue weighted by Crippen LogP contribution is 2.40. The Morgan fingerprint density at radius 3 is 2.76 bits per heavy atom. The summed E-state index contributed by atoms with van der Waals surface area (Å²) in [4.78, 5) is 25.0. The van der Waals surface area contributed by atoms with Crippen LogP contribution >= 0.6 is 0 Å². The first-order valence-corrected chi connectivity index (χ1v) is 10.9. The number of amides is 1. The quantitative estimate of drug-likeness (QED) is 0.288. The van der Waals surface area contributed by atoms with Crippen molar-refractivity contribution in [1.82, 2.24) is 5.43 Å². The van der Waals surface area contributed by atoms with Gasteiger partial charge in [0.05, 0.1) is 16.7 Å². The van der Waals surface area contributed by atoms with Crippen molar-refractivity contribution in [2.75, 3.05) is 11.4 Å². The van der Waals surface area contributed by atoms with Crippen LogP contribution in [0.15, 0.2) is 52.0 Å². The number of carbonyl (C=O) groups excluding carboxylic acids is 1. The molecule has 0 aliphatic carbocycles. The molecule has 2 heterocycles. The van der Waals surface area contributed by atoms with Crippen molar-refractivity contribution in [3.05, 3.63) is 75.3 Å². The van der Waals surface area contributed by atoms with Gasteiger partial charge in [0.25, 0.3) is 5.69 Å². The minimum atomic E-state index is -0.652. The molecule has 0 fully saturated rings. The Labute approximate surface area is 195 Å². The summed E-state index contributed by atoms with van der Waals surface area (Å²) in [7, 11) is 0. The zero-order chi connectivity index (χ0) is 24.6. The van der Waals surface area contributed by atoms with Crippen LogP contribution in [-0.4, -0.2) is 29.1 Å². The SMILES string of the molecule is CCCN1c2cc(F)c(/C=N\NC(=O)c3cc4cc([N+](=O)[O-])ccc4o3)cc2C(C)=CC1(C)C. The maximum absolute atomic E-state index is 14.9. The van der Waals surface area contributed by atoms with Gasteiger partial charge in [-0.05, 0) is 57.0 Å². The molecule has 34 heavy (non-hydrogen) atoms. The molecule has 2 aromatic carbocycles. The molecule has 1 aromatic heterocycles. The van der Waals surface area contributed by atoms with Gasteiger partial charge < -0.3 is 9.32 Å². The number of benzene rings is 2. The topological polar surface area (TPSA) is 101 Å². The van der Waals surface area contributed by atoms with Crippen LogP contribution in [0.3, 0.4) is 0 Å². The standard InChI is InChI=1S/C25H25FN4O4/c1-5-8-29-21-12-20(26)17(10-19(21)15(2)13-25(29,3)4)14-27-28-24(31)23-11-16-9-18(30(32)33)6-7-22(16)34-23/h6-7,9-14H,5,8H2,1-4H3,(H,28,31)/b27-14-. The first-order chi connectivity index (χ1) is 16.1. The first-order valence-electron chi connectivity index (χ1n) is 10.9. The van der Waals surface area contributed by atoms with E-state index in [9.17, 15) is 19.3 Å². The number of carbonyl (C=O) groups is 1. The van der Waals surface area contributed by atoms with Gasteiger partial charge in [-0.15, -0.1) is 0 Å². The summed E-state index contributed by atoms with van der Waals surface area (Å²) in [6, 6.07) is 8.67. The van der Waals surface area contributed by atoms with E-state index in [1.807, 2.05) is 6.92 Å². The number of fused-ring (bicyclic) bond motifs is 2. The Morgan fingerprint density at radius 1 is 1.29 bits per heavy atom. The highest BCUT2D eigenvalue weighted by Gasteiger charge is 2.31. The molecule has 0 atom stereocenters. The molecule has 0 bridgehead atoms. The number of hydrazone groups is 1. The fraction of sp³-hybridized carbons (Fsp3) is 0.280. The summed E-state index contributed by atoms with van der Waals surface area (Å²) in [5.41, 5.74) is 5.36. The lowest BCUT2D eigenvalue weighted by molar-refractivity contribution is -0.384. The summed E-state index contributed by atoms with van der Waals surface area (Å²) in [5.74, 6) is -1.16. The van der Waals surface area contributed by atoms with Crippen LogP contribution in [0.25, 0.3) is 16.5 Å². The Balaban J connectivity index is 1.55. The smallest absolute Gasteiger partial charge is 0.307 e. The third-order valence-electron chi connectivity index (χ3n) is 5.85. The van der Waals surface area contributed by atoms with Crippen LogP contribution in [0.5, 0.6) is 0 Å². The minimum Gasteiger partial charge on any atom is -0.451 e. The lowest BCUT2D eigenvalue weighted by Gasteiger charge is -2.43. The van der Waals surface area contributed by atoms with Gasteiger partial charge in [0, 0.05) is 40.9 Å². The van der Waals surface area contributed by atoms with Gasteiger partial charge in [-0.2, -0.15) is 5.10 Å². The van der Waals surface area contributed by atoms with E-state index in [2.05, 4.69) is 42.3 Å². The number of allylic oxidation sites excluding steroid dienone is 1. The normalized spacial score (nSPS) is 14.9. The predicted octanol–water partition coefficient (Wildman–Crippen LogP) is 5.66. The lowest BCUT2D eigenvalue weighted by Crippen LogP contribution is -2.45. The Hall–Kier alpha value is -4.01. The molecule has 1 aliphatic heterocycles. The van der Waals surface area contributed by atoms with Gasteiger partial charge in [0.1, 0.15) is 11.4 Å². The van der Waals surface area contributed by atoms with E-state index in [1.54, 1.807) is 6.07 Å². The molecule has 9 heteroatoms. The number of hydrogen-bond acceptors (Lipinski definition) is 6. The van der Waals surface area contributed by atoms with Crippen LogP contribution in [0.4, 0.5) is 15.8 Å². The van der Waals surface area contributed by atoms with Gasteiger partial charge in [-0.1, -0.05) is 13.0 Å². The molecule has 0 unspecified atom stereocenters. The van der Waals surface area contributed by atoms with Crippen LogP contribution in [0, 0.1) is 15.9 Å². The molecule has 8 nitrogen and oxygen atoms in total. The molecular formula is C25H25FN4O4. The van der Waals surface area contributed by atoms with E-state index in [1.165, 1.54) is 36.5 Å². The number of anilines is 1. The molecule has 3 aromatic rings. The highest BCUT2D eigenvalue weighted by atomic mass is 19.1. The zero-order valence-corrected chi connectivity index (χ0v) is 19.4. The molecule has 0 saturated heterocycles. The summed E-state index contributed by atoms with van der Waals surface area (Å²) in [6.45, 7) is 9.09. The summed E-state index contributed by atoms with van der Waals surface area (Å²) in [5, 5.41) is 15.2. The van der Waals surface area contributed by atoms with Crippen molar-refractivity contribution in [2.45, 2.75) is 39.7 Å². The molecule has 176 valence electrons. The maximum Gasteiger partial charge on any atom is 0.307 e. The molecule has 0 spiro atoms. The molecule has 1 aliphatic rings. The Kier molecular flexibility index (Phi) is 5.95. The third kappa shape index (κ3) is 4.28. The van der Waals surface area contributed by atoms with Gasteiger partial charge in [0.2, 0.25) is 0 Å². The van der Waals surface area contributed by atoms with Gasteiger partial charge in [-0.3, -0.25) is 14.9 Å². The van der Waals surface area contributed by atoms with Crippen LogP contribution < -0.4 is 10.3 Å². The molecule has 4 rings (SSSR count). The lowest BCUT2D eigenvalue weighted by atomic mass is 9.88. The Bertz CT molecular complexity index is 1360. The molecule has 0 radical (unpaired) electrons. The fourth-order valence-electron chi connectivity index (χ4n) is 4.32. The first kappa shape index (κ1) is 23.2. The highest BCUT2D eigenvalue weighted by molar-refractivity contribution is 5.97. The van der Waals surface area contributed by atoms with Crippen LogP contribution in [-0.2, 0) is 0 Å². The average molecular weight is 464 g/mol. The van der Waals surface area contributed by atoms with Gasteiger partial charge in [-0.25, -0.2) is 9.82 Å². The molecule has 0 saturated carbocycles. The third-order valence-corrected chi connectivity index (χ3v) is 5.85. The number of furan rings is 1. The predicted molar refractivity (Wildman–Crippen MR) is 130 cm³/mol. The van der Waals surface area contributed by atoms with Crippen molar-refractivity contribution >= 4 is 40.0 Å². The molecular weight excluding hydrogens is 439 g/mol. The van der Waals surface area contributed by atoms with Crippen molar-refractivity contribution in [3.8, 4) is 0 Å². The number of nitro groups is 1. The van der Waals surface area contributed by atoms with Crippen molar-refractivity contribution in [1.29, 1.82) is 0 Å². The monoisotopic (exact) mass is 464 g/mol. The number of halogens is 1. The zero-order valence-electron chi connectivity index (χ0n) is 19.4. The van der Waals surface area contributed by atoms with E-state index < -0.39 is 16.6 Å². The van der Waals surface area contributed by atoms with E-state index in [0.717, 1.165) is 29.8 Å². The number of rotatable bonds is 6. The largest absolute Gasteiger partial charge is 0.451 e. The number of hydrogen-bond donors (Lipinski definition) is 1. The second-order valence-corrected chi connectivity index (χ2v) is 8.81. The summed E-state index contributed by atoms with van der Waals surface area (Å²) >= 11 is 0. The summed E-state index contributed by atoms with van der Waals surface area (Å²) in [6.07, 6.45) is 4.34. The minimum absolute atomic E-state index is 0.0604. The van der Waals surface area contributed by atoms with Crippen LogP contribution in [0.2, 0.25) is 0 Å². The fourth-order valence-corrected chi connectivity index (χ4v) is 4.32. The second kappa shape index (κ2) is 8.74. The van der Waals surface area contributed by atoms with Crippen molar-refractivity contribution < 1.29 is 18.5 Å². The maximum atomic E-state index is 14.9. The average Bonchev–Trinajstić information content (AvgIpc) is 3.20. The molecule has 1 amide bonds. The van der Waals surface area contributed by atoms with E-state index in [-0.39, 0.29) is 22.6 Å². The summed E-state index contributed by atoms with van der Waals surface area (Å²) < 4.78 is 20.4. The van der Waals surface area contributed by atoms with E-state index >= 15 is 0 Å². The number of non-ortho nitro benzene ring substituents is 1. The number of nitro benzene ring substituents is 1. The second-order valence-electron chi connectivity index (χ2n) is 8.81. The van der Waals surface area contributed by atoms with Crippen molar-refractivity contribution in [2.24, 2.45) is 5.10 Å². The van der Waals surface area contributed by atoms with E-state index in [4.69, 9.17) is 4.42 Å². The molecule has 1 N–H and O–H groups in total. The van der Waals surface area contributed by atoms with Gasteiger partial charge >= 0.3 is 5.91 Å². The Morgan fingerprint density at radius 2 is 2.06 bits per heavy atom. The number of nitrogens with one attached hydrogen (secondary N) is 1. The van der Waals surface area contributed by atoms with Crippen molar-refractivity contribution in [3.63, 3.8) is 0 Å². The number of nitrogens with zero attached hydrogens (tertiary/aromatic N) is 3. The van der Waals surface area contributed by atoms with E-state index in [0.29, 0.717) is 11.0 Å². The van der Waals surface area contributed by atoms with Gasteiger partial charge in [0.15, 0.2) is 5.76 Å². The van der Waals surface area contributed by atoms with Crippen LogP contribution in [0.1, 0.15) is 55.8 Å².